The molecule has 4 aromatic carbocycles. The summed E-state index contributed by atoms with van der Waals surface area (Å²) in [6.45, 7) is 6.53. The lowest BCUT2D eigenvalue weighted by Gasteiger charge is -2.18. The Morgan fingerprint density at radius 2 is 1.41 bits per heavy atom. The highest BCUT2D eigenvalue weighted by molar-refractivity contribution is 6.09. The van der Waals surface area contributed by atoms with E-state index in [4.69, 9.17) is 4.98 Å². The zero-order valence-corrected chi connectivity index (χ0v) is 23.8. The van der Waals surface area contributed by atoms with Gasteiger partial charge in [-0.2, -0.15) is 0 Å². The van der Waals surface area contributed by atoms with Crippen molar-refractivity contribution in [3.63, 3.8) is 0 Å². The highest BCUT2D eigenvalue weighted by Gasteiger charge is 2.16. The molecule has 0 fully saturated rings. The fourth-order valence-electron chi connectivity index (χ4n) is 6.19. The molecule has 41 heavy (non-hydrogen) atoms. The predicted octanol–water partition coefficient (Wildman–Crippen LogP) is 10.3. The van der Waals surface area contributed by atoms with Gasteiger partial charge >= 0.3 is 0 Å². The molecule has 0 unspecified atom stereocenters. The zero-order chi connectivity index (χ0) is 27.9. The van der Waals surface area contributed by atoms with Gasteiger partial charge in [-0.15, -0.1) is 0 Å². The number of aryl methyl sites for hydroxylation is 2. The maximum atomic E-state index is 4.85. The maximum absolute atomic E-state index is 4.85. The second-order valence-corrected chi connectivity index (χ2v) is 11.0. The molecule has 1 aliphatic carbocycles. The normalized spacial score (nSPS) is 13.3. The average Bonchev–Trinajstić information content (AvgIpc) is 3.34. The first-order valence-corrected chi connectivity index (χ1v) is 14.4. The van der Waals surface area contributed by atoms with E-state index < -0.39 is 0 Å². The first kappa shape index (κ1) is 25.1. The van der Waals surface area contributed by atoms with Crippen LogP contribution in [-0.4, -0.2) is 9.55 Å². The number of benzene rings is 4. The summed E-state index contributed by atoms with van der Waals surface area (Å²) in [5.41, 5.74) is 14.2. The number of fused-ring (bicyclic) bond motifs is 3. The van der Waals surface area contributed by atoms with Crippen LogP contribution in [0.25, 0.3) is 44.2 Å². The number of nitrogens with zero attached hydrogens (tertiary/aromatic N) is 2. The summed E-state index contributed by atoms with van der Waals surface area (Å²) in [6.07, 6.45) is 8.71. The van der Waals surface area contributed by atoms with Crippen LogP contribution in [0.4, 0.5) is 11.4 Å². The first-order chi connectivity index (χ1) is 20.1. The van der Waals surface area contributed by atoms with Crippen molar-refractivity contribution in [3.05, 3.63) is 138 Å². The Bertz CT molecular complexity index is 1950. The van der Waals surface area contributed by atoms with Gasteiger partial charge in [0.25, 0.3) is 0 Å². The number of rotatable bonds is 5. The molecule has 0 aliphatic heterocycles. The molecule has 6 aromatic rings. The van der Waals surface area contributed by atoms with Gasteiger partial charge in [0.2, 0.25) is 0 Å². The number of aromatic nitrogens is 2. The molecule has 200 valence electrons. The summed E-state index contributed by atoms with van der Waals surface area (Å²) in [7, 11) is 0. The predicted molar refractivity (Wildman–Crippen MR) is 174 cm³/mol. The molecule has 0 spiro atoms. The number of nitrogens with one attached hydrogen (secondary N) is 1. The highest BCUT2D eigenvalue weighted by Crippen LogP contribution is 2.37. The molecular weight excluding hydrogens is 498 g/mol. The lowest BCUT2D eigenvalue weighted by molar-refractivity contribution is 0.967. The molecule has 0 saturated heterocycles. The van der Waals surface area contributed by atoms with Crippen LogP contribution in [0.1, 0.15) is 36.6 Å². The van der Waals surface area contributed by atoms with Crippen molar-refractivity contribution in [1.29, 1.82) is 0 Å². The highest BCUT2D eigenvalue weighted by atomic mass is 15.0. The number of para-hydroxylation sites is 3. The minimum absolute atomic E-state index is 0.984. The topological polar surface area (TPSA) is 29.9 Å². The number of anilines is 2. The molecule has 0 amide bonds. The maximum Gasteiger partial charge on any atom is 0.0577 e. The van der Waals surface area contributed by atoms with Crippen molar-refractivity contribution in [2.45, 2.75) is 33.6 Å². The Morgan fingerprint density at radius 1 is 0.707 bits per heavy atom. The molecule has 0 saturated carbocycles. The van der Waals surface area contributed by atoms with Crippen LogP contribution >= 0.6 is 0 Å². The summed E-state index contributed by atoms with van der Waals surface area (Å²) >= 11 is 0. The monoisotopic (exact) mass is 531 g/mol. The zero-order valence-electron chi connectivity index (χ0n) is 23.8. The molecule has 1 aliphatic rings. The lowest BCUT2D eigenvalue weighted by atomic mass is 9.92. The van der Waals surface area contributed by atoms with Gasteiger partial charge in [0, 0.05) is 39.0 Å². The molecule has 2 aromatic heterocycles. The van der Waals surface area contributed by atoms with Crippen molar-refractivity contribution < 1.29 is 0 Å². The molecule has 2 heterocycles. The first-order valence-electron chi connectivity index (χ1n) is 14.4. The minimum atomic E-state index is 0.984. The number of pyridine rings is 1. The van der Waals surface area contributed by atoms with Crippen LogP contribution in [0.3, 0.4) is 0 Å². The van der Waals surface area contributed by atoms with E-state index in [0.717, 1.165) is 41.2 Å². The largest absolute Gasteiger partial charge is 0.354 e. The van der Waals surface area contributed by atoms with Crippen LogP contribution in [0, 0.1) is 13.8 Å². The van der Waals surface area contributed by atoms with Gasteiger partial charge in [0.05, 0.1) is 22.9 Å². The second-order valence-electron chi connectivity index (χ2n) is 11.0. The average molecular weight is 532 g/mol. The van der Waals surface area contributed by atoms with E-state index in [1.165, 1.54) is 49.6 Å². The van der Waals surface area contributed by atoms with Crippen molar-refractivity contribution in [2.75, 3.05) is 5.32 Å². The quantitative estimate of drug-likeness (QED) is 0.240. The van der Waals surface area contributed by atoms with E-state index in [9.17, 15) is 0 Å². The summed E-state index contributed by atoms with van der Waals surface area (Å²) in [4.78, 5) is 4.85. The van der Waals surface area contributed by atoms with E-state index in [1.54, 1.807) is 0 Å². The third-order valence-electron chi connectivity index (χ3n) is 8.36. The van der Waals surface area contributed by atoms with Crippen LogP contribution in [0.2, 0.25) is 0 Å². The SMILES string of the molecule is CC1=C(c2ccccc2Nc2cnc(C)c(-c3cc(-n4c5ccccc5c5ccccc54)ccc3C)c2)C=CCC1. The number of hydrogen-bond donors (Lipinski definition) is 1. The Labute approximate surface area is 241 Å². The van der Waals surface area contributed by atoms with Crippen molar-refractivity contribution in [3.8, 4) is 16.8 Å². The van der Waals surface area contributed by atoms with Crippen LogP contribution in [0.15, 0.2) is 121 Å². The van der Waals surface area contributed by atoms with E-state index in [-0.39, 0.29) is 0 Å². The molecular formula is C38H33N3. The fraction of sp³-hybridized carbons (Fsp3) is 0.132. The van der Waals surface area contributed by atoms with E-state index in [0.29, 0.717) is 0 Å². The number of hydrogen-bond acceptors (Lipinski definition) is 2. The van der Waals surface area contributed by atoms with Gasteiger partial charge in [-0.05, 0) is 86.7 Å². The van der Waals surface area contributed by atoms with Gasteiger partial charge in [-0.1, -0.05) is 78.4 Å². The third kappa shape index (κ3) is 4.44. The number of allylic oxidation sites excluding steroid dienone is 4. The van der Waals surface area contributed by atoms with Crippen molar-refractivity contribution in [1.82, 2.24) is 9.55 Å². The minimum Gasteiger partial charge on any atom is -0.354 e. The third-order valence-corrected chi connectivity index (χ3v) is 8.36. The Balaban J connectivity index is 1.32. The van der Waals surface area contributed by atoms with Gasteiger partial charge in [-0.25, -0.2) is 0 Å². The van der Waals surface area contributed by atoms with Crippen molar-refractivity contribution >= 4 is 38.8 Å². The molecule has 0 radical (unpaired) electrons. The standard InChI is InChI=1S/C38H33N3/c1-25-12-4-5-13-30(25)31-14-6-9-17-36(31)40-28-22-35(27(3)39-24-28)34-23-29(21-20-26(34)2)41-37-18-10-7-15-32(37)33-16-8-11-19-38(33)41/h5-11,13-24,40H,4,12H2,1-3H3. The molecule has 7 rings (SSSR count). The molecule has 3 heteroatoms. The van der Waals surface area contributed by atoms with Crippen LogP contribution in [-0.2, 0) is 0 Å². The van der Waals surface area contributed by atoms with Crippen LogP contribution in [0.5, 0.6) is 0 Å². The summed E-state index contributed by atoms with van der Waals surface area (Å²) in [5, 5.41) is 6.24. The van der Waals surface area contributed by atoms with Crippen molar-refractivity contribution in [2.24, 2.45) is 0 Å². The lowest BCUT2D eigenvalue weighted by Crippen LogP contribution is -2.00. The Hall–Kier alpha value is -4.89. The van der Waals surface area contributed by atoms with E-state index in [2.05, 4.69) is 140 Å². The summed E-state index contributed by atoms with van der Waals surface area (Å²) in [5.74, 6) is 0. The Kier molecular flexibility index (Phi) is 6.28. The van der Waals surface area contributed by atoms with Gasteiger partial charge < -0.3 is 9.88 Å². The van der Waals surface area contributed by atoms with Crippen LogP contribution < -0.4 is 5.32 Å². The Morgan fingerprint density at radius 3 is 2.17 bits per heavy atom. The molecule has 0 bridgehead atoms. The van der Waals surface area contributed by atoms with Gasteiger partial charge in [-0.3, -0.25) is 4.98 Å². The fourth-order valence-corrected chi connectivity index (χ4v) is 6.19. The van der Waals surface area contributed by atoms with Gasteiger partial charge in [0.15, 0.2) is 0 Å². The molecule has 3 nitrogen and oxygen atoms in total. The van der Waals surface area contributed by atoms with E-state index in [1.807, 2.05) is 6.20 Å². The summed E-state index contributed by atoms with van der Waals surface area (Å²) in [6, 6.07) is 34.9. The van der Waals surface area contributed by atoms with Gasteiger partial charge in [0.1, 0.15) is 0 Å². The molecule has 0 atom stereocenters. The smallest absolute Gasteiger partial charge is 0.0577 e. The summed E-state index contributed by atoms with van der Waals surface area (Å²) < 4.78 is 2.38. The van der Waals surface area contributed by atoms with E-state index >= 15 is 0 Å². The second kappa shape index (κ2) is 10.3. The molecule has 1 N–H and O–H groups in total.